The monoisotopic (exact) mass is 489 g/mol. The van der Waals surface area contributed by atoms with Crippen LogP contribution in [0.3, 0.4) is 0 Å². The van der Waals surface area contributed by atoms with Gasteiger partial charge >= 0.3 is 0 Å². The van der Waals surface area contributed by atoms with E-state index < -0.39 is 0 Å². The summed E-state index contributed by atoms with van der Waals surface area (Å²) in [5, 5.41) is 1.75. The predicted molar refractivity (Wildman–Crippen MR) is 140 cm³/mol. The summed E-state index contributed by atoms with van der Waals surface area (Å²) in [6, 6.07) is -0.284. The standard InChI is InChI=1S/C26H57N4O4/c1-11-14-16-17-19-31-30(10)25(29-34-26(8,9)13-3)24(28-33-23(7)21(4)5)20-27-32-22(6)18-15-12-2/h21-24,27-29H,11-20H2,1-10H3. The van der Waals surface area contributed by atoms with E-state index in [0.29, 0.717) is 19.1 Å². The van der Waals surface area contributed by atoms with Gasteiger partial charge in [0.1, 0.15) is 0 Å². The SMILES string of the molecule is CCCCCCON(C)[C](NOC(C)(C)CC)C(CNOC(C)CCCC)NOC(C)C(C)C. The first kappa shape index (κ1) is 33.7. The largest absolute Gasteiger partial charge is 0.299 e. The summed E-state index contributed by atoms with van der Waals surface area (Å²) >= 11 is 0. The molecular formula is C26H57N4O4. The summed E-state index contributed by atoms with van der Waals surface area (Å²) in [7, 11) is 1.90. The van der Waals surface area contributed by atoms with Crippen molar-refractivity contribution in [1.82, 2.24) is 21.5 Å². The Balaban J connectivity index is 5.30. The molecule has 0 spiro atoms. The van der Waals surface area contributed by atoms with Gasteiger partial charge < -0.3 is 0 Å². The van der Waals surface area contributed by atoms with E-state index >= 15 is 0 Å². The summed E-state index contributed by atoms with van der Waals surface area (Å²) in [4.78, 5) is 24.0. The fraction of sp³-hybridized carbons (Fsp3) is 0.962. The number of hydrogen-bond acceptors (Lipinski definition) is 8. The fourth-order valence-electron chi connectivity index (χ4n) is 2.76. The summed E-state index contributed by atoms with van der Waals surface area (Å²) in [6.45, 7) is 20.2. The lowest BCUT2D eigenvalue weighted by molar-refractivity contribution is -0.197. The highest BCUT2D eigenvalue weighted by Crippen LogP contribution is 2.17. The van der Waals surface area contributed by atoms with Crippen LogP contribution in [0.15, 0.2) is 0 Å². The molecule has 8 heteroatoms. The highest BCUT2D eigenvalue weighted by atomic mass is 16.7. The molecule has 0 amide bonds. The molecule has 0 saturated heterocycles. The molecule has 0 saturated carbocycles. The second kappa shape index (κ2) is 19.8. The van der Waals surface area contributed by atoms with Gasteiger partial charge in [0, 0.05) is 13.6 Å². The van der Waals surface area contributed by atoms with E-state index in [1.165, 1.54) is 12.8 Å². The van der Waals surface area contributed by atoms with Crippen molar-refractivity contribution in [2.75, 3.05) is 20.2 Å². The van der Waals surface area contributed by atoms with E-state index in [1.54, 1.807) is 5.06 Å². The second-order valence-corrected chi connectivity index (χ2v) is 10.3. The molecule has 205 valence electrons. The van der Waals surface area contributed by atoms with Gasteiger partial charge in [0.05, 0.1) is 30.5 Å². The molecule has 3 unspecified atom stereocenters. The van der Waals surface area contributed by atoms with Crippen molar-refractivity contribution in [2.24, 2.45) is 5.92 Å². The maximum Gasteiger partial charge on any atom is 0.173 e. The third kappa shape index (κ3) is 16.4. The third-order valence-electron chi connectivity index (χ3n) is 6.11. The lowest BCUT2D eigenvalue weighted by Crippen LogP contribution is -2.55. The van der Waals surface area contributed by atoms with E-state index in [1.807, 2.05) is 7.05 Å². The molecule has 0 aliphatic carbocycles. The molecule has 0 bridgehead atoms. The van der Waals surface area contributed by atoms with Gasteiger partial charge in [-0.1, -0.05) is 66.7 Å². The number of nitrogens with one attached hydrogen (secondary N) is 3. The van der Waals surface area contributed by atoms with Crippen LogP contribution in [0, 0.1) is 12.1 Å². The Labute approximate surface area is 211 Å². The lowest BCUT2D eigenvalue weighted by atomic mass is 10.1. The van der Waals surface area contributed by atoms with Crippen LogP contribution in [-0.2, 0) is 19.4 Å². The Kier molecular flexibility index (Phi) is 19.6. The number of hydrogen-bond donors (Lipinski definition) is 3. The molecule has 3 atom stereocenters. The van der Waals surface area contributed by atoms with Crippen molar-refractivity contribution < 1.29 is 19.4 Å². The molecule has 1 radical (unpaired) electrons. The van der Waals surface area contributed by atoms with Crippen LogP contribution in [0.1, 0.15) is 114 Å². The minimum Gasteiger partial charge on any atom is -0.299 e. The van der Waals surface area contributed by atoms with Gasteiger partial charge in [-0.15, -0.1) is 0 Å². The van der Waals surface area contributed by atoms with Crippen LogP contribution in [-0.4, -0.2) is 49.1 Å². The first-order valence-corrected chi connectivity index (χ1v) is 13.5. The molecule has 34 heavy (non-hydrogen) atoms. The van der Waals surface area contributed by atoms with E-state index in [9.17, 15) is 0 Å². The zero-order chi connectivity index (χ0) is 26.0. The van der Waals surface area contributed by atoms with Crippen molar-refractivity contribution in [3.8, 4) is 0 Å². The van der Waals surface area contributed by atoms with Crippen LogP contribution >= 0.6 is 0 Å². The van der Waals surface area contributed by atoms with Crippen molar-refractivity contribution in [2.45, 2.75) is 138 Å². The maximum atomic E-state index is 6.05. The maximum absolute atomic E-state index is 6.05. The van der Waals surface area contributed by atoms with E-state index in [4.69, 9.17) is 19.4 Å². The van der Waals surface area contributed by atoms with Gasteiger partial charge in [-0.05, 0) is 52.9 Å². The first-order chi connectivity index (χ1) is 16.1. The normalized spacial score (nSPS) is 15.4. The van der Waals surface area contributed by atoms with Crippen LogP contribution in [0.2, 0.25) is 0 Å². The second-order valence-electron chi connectivity index (χ2n) is 10.3. The highest BCUT2D eigenvalue weighted by Gasteiger charge is 2.31. The molecule has 0 aromatic rings. The molecule has 0 heterocycles. The zero-order valence-electron chi connectivity index (χ0n) is 24.0. The average Bonchev–Trinajstić information content (AvgIpc) is 2.80. The summed E-state index contributed by atoms with van der Waals surface area (Å²) in [6.07, 6.45) is 9.69. The first-order valence-electron chi connectivity index (χ1n) is 13.5. The van der Waals surface area contributed by atoms with Crippen molar-refractivity contribution >= 4 is 0 Å². The van der Waals surface area contributed by atoms with Gasteiger partial charge in [-0.2, -0.15) is 16.0 Å². The minimum absolute atomic E-state index is 0.0430. The van der Waals surface area contributed by atoms with E-state index in [0.717, 1.165) is 44.7 Å². The number of unbranched alkanes of at least 4 members (excludes halogenated alkanes) is 4. The molecule has 0 aromatic carbocycles. The van der Waals surface area contributed by atoms with E-state index in [2.05, 4.69) is 78.8 Å². The quantitative estimate of drug-likeness (QED) is 0.125. The van der Waals surface area contributed by atoms with Crippen LogP contribution < -0.4 is 16.4 Å². The van der Waals surface area contributed by atoms with Crippen LogP contribution in [0.4, 0.5) is 0 Å². The van der Waals surface area contributed by atoms with Crippen molar-refractivity contribution in [3.05, 3.63) is 6.17 Å². The molecule has 0 aromatic heterocycles. The van der Waals surface area contributed by atoms with Gasteiger partial charge in [0.15, 0.2) is 6.17 Å². The third-order valence-corrected chi connectivity index (χ3v) is 6.11. The average molecular weight is 490 g/mol. The molecule has 0 rings (SSSR count). The lowest BCUT2D eigenvalue weighted by Gasteiger charge is -2.36. The molecule has 0 aliphatic rings. The summed E-state index contributed by atoms with van der Waals surface area (Å²) < 4.78 is 0. The Bertz CT molecular complexity index is 468. The van der Waals surface area contributed by atoms with E-state index in [-0.39, 0.29) is 23.9 Å². The Hall–Kier alpha value is -0.320. The fourth-order valence-corrected chi connectivity index (χ4v) is 2.76. The number of rotatable bonds is 23. The Morgan fingerprint density at radius 2 is 1.59 bits per heavy atom. The minimum atomic E-state index is -0.331. The number of likely N-dealkylation sites (N-methyl/N-ethyl adjacent to an activating group) is 1. The Morgan fingerprint density at radius 3 is 2.18 bits per heavy atom. The number of nitrogens with zero attached hydrogens (tertiary/aromatic N) is 1. The highest BCUT2D eigenvalue weighted by molar-refractivity contribution is 4.93. The summed E-state index contributed by atoms with van der Waals surface area (Å²) in [5.41, 5.74) is 9.19. The number of hydroxylamine groups is 5. The smallest absolute Gasteiger partial charge is 0.173 e. The van der Waals surface area contributed by atoms with Crippen LogP contribution in [0.25, 0.3) is 0 Å². The Morgan fingerprint density at radius 1 is 0.912 bits per heavy atom. The van der Waals surface area contributed by atoms with Gasteiger partial charge in [0.25, 0.3) is 0 Å². The molecule has 0 fully saturated rings. The molecule has 8 nitrogen and oxygen atoms in total. The van der Waals surface area contributed by atoms with Crippen molar-refractivity contribution in [1.29, 1.82) is 0 Å². The molecule has 0 aliphatic heterocycles. The van der Waals surface area contributed by atoms with Gasteiger partial charge in [-0.25, -0.2) is 5.48 Å². The molecule has 3 N–H and O–H groups in total. The topological polar surface area (TPSA) is 76.3 Å². The van der Waals surface area contributed by atoms with Crippen LogP contribution in [0.5, 0.6) is 0 Å². The van der Waals surface area contributed by atoms with Gasteiger partial charge in [0.2, 0.25) is 0 Å². The molecular weight excluding hydrogens is 432 g/mol. The van der Waals surface area contributed by atoms with Crippen molar-refractivity contribution in [3.63, 3.8) is 0 Å². The van der Waals surface area contributed by atoms with Gasteiger partial charge in [-0.3, -0.25) is 19.4 Å². The summed E-state index contributed by atoms with van der Waals surface area (Å²) in [5.74, 6) is 0.380. The zero-order valence-corrected chi connectivity index (χ0v) is 24.0. The predicted octanol–water partition coefficient (Wildman–Crippen LogP) is 5.66.